The second-order valence-corrected chi connectivity index (χ2v) is 5.98. The third-order valence-electron chi connectivity index (χ3n) is 4.28. The number of aryl methyl sites for hydroxylation is 2. The van der Waals surface area contributed by atoms with E-state index in [2.05, 4.69) is 11.2 Å². The lowest BCUT2D eigenvalue weighted by atomic mass is 10.1. The van der Waals surface area contributed by atoms with E-state index in [1.807, 2.05) is 62.4 Å². The minimum Gasteiger partial charge on any atom is -0.471 e. The van der Waals surface area contributed by atoms with Crippen molar-refractivity contribution in [3.8, 4) is 11.9 Å². The Hall–Kier alpha value is -3.26. The molecule has 0 unspecified atom stereocenters. The van der Waals surface area contributed by atoms with Gasteiger partial charge in [0.05, 0.1) is 6.54 Å². The molecule has 0 fully saturated rings. The molecule has 0 aliphatic rings. The summed E-state index contributed by atoms with van der Waals surface area (Å²) in [4.78, 5) is 0. The zero-order valence-corrected chi connectivity index (χ0v) is 14.4. The molecule has 0 radical (unpaired) electrons. The second kappa shape index (κ2) is 7.10. The molecule has 0 saturated heterocycles. The van der Waals surface area contributed by atoms with E-state index in [1.165, 1.54) is 0 Å². The molecule has 25 heavy (non-hydrogen) atoms. The fourth-order valence-corrected chi connectivity index (χ4v) is 2.65. The first-order valence-electron chi connectivity index (χ1n) is 8.08. The molecule has 2 aromatic carbocycles. The number of nitrogen functional groups attached to an aromatic ring is 1. The Morgan fingerprint density at radius 2 is 1.64 bits per heavy atom. The molecule has 0 amide bonds. The van der Waals surface area contributed by atoms with Crippen LogP contribution in [0.1, 0.15) is 27.8 Å². The van der Waals surface area contributed by atoms with Gasteiger partial charge in [0, 0.05) is 0 Å². The molecular weight excluding hydrogens is 312 g/mol. The van der Waals surface area contributed by atoms with Gasteiger partial charge in [0.25, 0.3) is 5.88 Å². The van der Waals surface area contributed by atoms with Gasteiger partial charge >= 0.3 is 0 Å². The highest BCUT2D eigenvalue weighted by atomic mass is 16.5. The van der Waals surface area contributed by atoms with Crippen LogP contribution in [0.2, 0.25) is 0 Å². The van der Waals surface area contributed by atoms with Crippen molar-refractivity contribution in [2.75, 3.05) is 5.73 Å². The van der Waals surface area contributed by atoms with E-state index in [1.54, 1.807) is 4.68 Å². The van der Waals surface area contributed by atoms with Crippen molar-refractivity contribution >= 4 is 5.82 Å². The van der Waals surface area contributed by atoms with Crippen molar-refractivity contribution in [3.05, 3.63) is 76.3 Å². The maximum absolute atomic E-state index is 9.42. The number of nitrogens with zero attached hydrogens (tertiary/aromatic N) is 3. The Morgan fingerprint density at radius 1 is 1.04 bits per heavy atom. The number of hydrogen-bond acceptors (Lipinski definition) is 4. The molecule has 0 spiro atoms. The van der Waals surface area contributed by atoms with Gasteiger partial charge < -0.3 is 10.5 Å². The first-order valence-corrected chi connectivity index (χ1v) is 8.08. The molecule has 1 heterocycles. The Morgan fingerprint density at radius 3 is 2.24 bits per heavy atom. The summed E-state index contributed by atoms with van der Waals surface area (Å²) >= 11 is 0. The average Bonchev–Trinajstić information content (AvgIpc) is 2.91. The molecule has 0 bridgehead atoms. The van der Waals surface area contributed by atoms with Gasteiger partial charge in [-0.1, -0.05) is 48.5 Å². The number of anilines is 1. The van der Waals surface area contributed by atoms with Gasteiger partial charge in [-0.05, 0) is 36.1 Å². The van der Waals surface area contributed by atoms with Crippen molar-refractivity contribution in [2.24, 2.45) is 0 Å². The molecule has 0 saturated carbocycles. The van der Waals surface area contributed by atoms with E-state index in [0.29, 0.717) is 19.0 Å². The molecule has 3 aromatic rings. The van der Waals surface area contributed by atoms with Gasteiger partial charge in [0.2, 0.25) is 0 Å². The fourth-order valence-electron chi connectivity index (χ4n) is 2.65. The highest BCUT2D eigenvalue weighted by Crippen LogP contribution is 2.25. The predicted molar refractivity (Wildman–Crippen MR) is 97.1 cm³/mol. The maximum atomic E-state index is 9.42. The Balaban J connectivity index is 1.85. The minimum atomic E-state index is 0.275. The normalized spacial score (nSPS) is 10.4. The van der Waals surface area contributed by atoms with E-state index in [-0.39, 0.29) is 11.4 Å². The van der Waals surface area contributed by atoms with Crippen LogP contribution >= 0.6 is 0 Å². The molecule has 126 valence electrons. The van der Waals surface area contributed by atoms with Crippen LogP contribution in [0.5, 0.6) is 5.88 Å². The average molecular weight is 332 g/mol. The Kier molecular flexibility index (Phi) is 4.71. The molecule has 0 atom stereocenters. The van der Waals surface area contributed by atoms with Crippen LogP contribution in [-0.4, -0.2) is 9.78 Å². The summed E-state index contributed by atoms with van der Waals surface area (Å²) in [6.45, 7) is 4.91. The molecule has 3 rings (SSSR count). The van der Waals surface area contributed by atoms with Crippen molar-refractivity contribution in [2.45, 2.75) is 27.0 Å². The van der Waals surface area contributed by atoms with Crippen LogP contribution < -0.4 is 10.5 Å². The van der Waals surface area contributed by atoms with Crippen LogP contribution in [0.15, 0.2) is 48.5 Å². The zero-order valence-electron chi connectivity index (χ0n) is 14.4. The SMILES string of the molecule is Cc1ccccc1COc1nn(Cc2ccccc2C)c(N)c1C#N. The van der Waals surface area contributed by atoms with Crippen molar-refractivity contribution < 1.29 is 4.74 Å². The quantitative estimate of drug-likeness (QED) is 0.774. The largest absolute Gasteiger partial charge is 0.471 e. The van der Waals surface area contributed by atoms with Crippen LogP contribution in [-0.2, 0) is 13.2 Å². The number of ether oxygens (including phenoxy) is 1. The van der Waals surface area contributed by atoms with Gasteiger partial charge in [0.15, 0.2) is 5.56 Å². The Bertz CT molecular complexity index is 937. The summed E-state index contributed by atoms with van der Waals surface area (Å²) in [5.74, 6) is 0.599. The van der Waals surface area contributed by atoms with Gasteiger partial charge in [-0.25, -0.2) is 4.68 Å². The maximum Gasteiger partial charge on any atom is 0.253 e. The fraction of sp³-hybridized carbons (Fsp3) is 0.200. The summed E-state index contributed by atoms with van der Waals surface area (Å²) in [7, 11) is 0. The van der Waals surface area contributed by atoms with E-state index >= 15 is 0 Å². The summed E-state index contributed by atoms with van der Waals surface area (Å²) in [5.41, 5.74) is 10.8. The lowest BCUT2D eigenvalue weighted by Gasteiger charge is -2.07. The number of aromatic nitrogens is 2. The van der Waals surface area contributed by atoms with Crippen molar-refractivity contribution in [3.63, 3.8) is 0 Å². The van der Waals surface area contributed by atoms with Gasteiger partial charge in [-0.2, -0.15) is 5.26 Å². The molecule has 1 aromatic heterocycles. The molecular formula is C20H20N4O. The lowest BCUT2D eigenvalue weighted by molar-refractivity contribution is 0.288. The van der Waals surface area contributed by atoms with E-state index in [0.717, 1.165) is 22.3 Å². The number of benzene rings is 2. The van der Waals surface area contributed by atoms with E-state index in [9.17, 15) is 5.26 Å². The molecule has 2 N–H and O–H groups in total. The van der Waals surface area contributed by atoms with Crippen molar-refractivity contribution in [1.29, 1.82) is 5.26 Å². The van der Waals surface area contributed by atoms with Crippen LogP contribution in [0.25, 0.3) is 0 Å². The number of hydrogen-bond donors (Lipinski definition) is 1. The summed E-state index contributed by atoms with van der Waals surface area (Å²) in [6.07, 6.45) is 0. The van der Waals surface area contributed by atoms with Gasteiger partial charge in [-0.15, -0.1) is 5.10 Å². The molecule has 5 heteroatoms. The standard InChI is InChI=1S/C20H20N4O/c1-14-7-3-5-9-16(14)12-24-19(22)18(11-21)20(23-24)25-13-17-10-6-4-8-15(17)2/h3-10H,12-13,22H2,1-2H3. The highest BCUT2D eigenvalue weighted by Gasteiger charge is 2.17. The highest BCUT2D eigenvalue weighted by molar-refractivity contribution is 5.55. The second-order valence-electron chi connectivity index (χ2n) is 5.98. The lowest BCUT2D eigenvalue weighted by Crippen LogP contribution is -2.07. The van der Waals surface area contributed by atoms with Crippen LogP contribution in [0.4, 0.5) is 5.82 Å². The summed E-state index contributed by atoms with van der Waals surface area (Å²) < 4.78 is 7.41. The molecule has 0 aliphatic carbocycles. The third kappa shape index (κ3) is 3.48. The summed E-state index contributed by atoms with van der Waals surface area (Å²) in [5, 5.41) is 13.8. The van der Waals surface area contributed by atoms with Crippen molar-refractivity contribution in [1.82, 2.24) is 9.78 Å². The van der Waals surface area contributed by atoms with Gasteiger partial charge in [0.1, 0.15) is 18.5 Å². The molecule has 5 nitrogen and oxygen atoms in total. The minimum absolute atomic E-state index is 0.275. The monoisotopic (exact) mass is 332 g/mol. The van der Waals surface area contributed by atoms with E-state index < -0.39 is 0 Å². The first kappa shape index (κ1) is 16.6. The number of nitriles is 1. The number of rotatable bonds is 5. The van der Waals surface area contributed by atoms with Crippen LogP contribution in [0, 0.1) is 25.2 Å². The predicted octanol–water partition coefficient (Wildman–Crippen LogP) is 3.58. The third-order valence-corrected chi connectivity index (χ3v) is 4.28. The smallest absolute Gasteiger partial charge is 0.253 e. The zero-order chi connectivity index (χ0) is 17.8. The molecule has 0 aliphatic heterocycles. The number of nitrogens with two attached hydrogens (primary N) is 1. The van der Waals surface area contributed by atoms with E-state index in [4.69, 9.17) is 10.5 Å². The topological polar surface area (TPSA) is 76.9 Å². The van der Waals surface area contributed by atoms with Gasteiger partial charge in [-0.3, -0.25) is 0 Å². The van der Waals surface area contributed by atoms with Crippen LogP contribution in [0.3, 0.4) is 0 Å². The first-order chi connectivity index (χ1) is 12.1. The Labute approximate surface area is 147 Å². The summed E-state index contributed by atoms with van der Waals surface area (Å²) in [6, 6.07) is 18.1.